The van der Waals surface area contributed by atoms with Crippen molar-refractivity contribution in [2.75, 3.05) is 0 Å². The molecule has 0 aliphatic heterocycles. The fraction of sp³-hybridized carbons (Fsp3) is 1.00. The van der Waals surface area contributed by atoms with Gasteiger partial charge in [0, 0.05) is 0 Å². The van der Waals surface area contributed by atoms with Crippen molar-refractivity contribution >= 4 is 35.5 Å². The Kier molecular flexibility index (Phi) is 11.4. The predicted molar refractivity (Wildman–Crippen MR) is 53.0 cm³/mol. The van der Waals surface area contributed by atoms with Crippen LogP contribution in [-0.2, 0) is 0 Å². The lowest BCUT2D eigenvalue weighted by atomic mass is 9.83. The first-order chi connectivity index (χ1) is 4.63. The third-order valence-corrected chi connectivity index (χ3v) is 1.65. The second-order valence-corrected chi connectivity index (χ2v) is 3.46. The van der Waals surface area contributed by atoms with Gasteiger partial charge in [0.2, 0.25) is 0 Å². The molecule has 4 N–H and O–H groups in total. The van der Waals surface area contributed by atoms with Gasteiger partial charge >= 0.3 is 7.12 Å². The van der Waals surface area contributed by atoms with Gasteiger partial charge in [0.15, 0.2) is 0 Å². The number of alkyl halides is 1. The minimum absolute atomic E-state index is 0. The van der Waals surface area contributed by atoms with E-state index in [1.165, 1.54) is 0 Å². The third kappa shape index (κ3) is 13.7. The number of rotatable bonds is 5. The Morgan fingerprint density at radius 1 is 1.36 bits per heavy atom. The molecule has 68 valence electrons. The quantitative estimate of drug-likeness (QED) is 0.290. The van der Waals surface area contributed by atoms with Crippen molar-refractivity contribution in [3.05, 3.63) is 0 Å². The first kappa shape index (κ1) is 14.3. The van der Waals surface area contributed by atoms with Gasteiger partial charge in [-0.05, 0) is 12.7 Å². The number of halogens is 2. The molecule has 0 fully saturated rings. The van der Waals surface area contributed by atoms with Crippen molar-refractivity contribution in [2.45, 2.75) is 30.5 Å². The topological polar surface area (TPSA) is 66.5 Å². The van der Waals surface area contributed by atoms with Gasteiger partial charge in [-0.15, -0.1) is 12.4 Å². The van der Waals surface area contributed by atoms with Gasteiger partial charge in [-0.2, -0.15) is 0 Å². The van der Waals surface area contributed by atoms with E-state index in [0.29, 0.717) is 6.32 Å². The molecule has 0 amide bonds. The van der Waals surface area contributed by atoms with E-state index in [4.69, 9.17) is 15.8 Å². The Hall–Kier alpha value is 0.715. The molecular weight excluding hydrogens is 232 g/mol. The summed E-state index contributed by atoms with van der Waals surface area (Å²) >= 11 is 3.19. The Bertz CT molecular complexity index is 76.9. The van der Waals surface area contributed by atoms with Crippen LogP contribution >= 0.6 is 28.3 Å². The van der Waals surface area contributed by atoms with Crippen LogP contribution in [0.2, 0.25) is 6.32 Å². The highest BCUT2D eigenvalue weighted by Gasteiger charge is 2.05. The van der Waals surface area contributed by atoms with E-state index in [-0.39, 0.29) is 17.4 Å². The first-order valence-corrected chi connectivity index (χ1v) is 4.30. The van der Waals surface area contributed by atoms with Crippen LogP contribution in [0.4, 0.5) is 0 Å². The van der Waals surface area contributed by atoms with Crippen LogP contribution in [0.25, 0.3) is 0 Å². The second kappa shape index (κ2) is 8.81. The van der Waals surface area contributed by atoms with E-state index in [1.54, 1.807) is 0 Å². The van der Waals surface area contributed by atoms with Gasteiger partial charge in [0.1, 0.15) is 0 Å². The fourth-order valence-corrected chi connectivity index (χ4v) is 0.990. The van der Waals surface area contributed by atoms with Crippen molar-refractivity contribution in [3.63, 3.8) is 0 Å². The highest BCUT2D eigenvalue weighted by Crippen LogP contribution is 2.06. The standard InChI is InChI=1S/C5H13BBrNO2.ClH/c7-5(8)3-1-2-4-6(9)10;/h5,9-10H,1-4,8H2;1H/t5-;/m0./s1. The van der Waals surface area contributed by atoms with Crippen LogP contribution < -0.4 is 5.73 Å². The second-order valence-electron chi connectivity index (χ2n) is 2.28. The zero-order valence-electron chi connectivity index (χ0n) is 6.24. The minimum Gasteiger partial charge on any atom is -0.427 e. The summed E-state index contributed by atoms with van der Waals surface area (Å²) in [5.74, 6) is 0. The minimum atomic E-state index is -1.16. The molecule has 0 saturated carbocycles. The molecule has 0 spiro atoms. The maximum absolute atomic E-state index is 8.43. The molecule has 0 saturated heterocycles. The SMILES string of the molecule is Cl.N[C@H](Br)CCCCB(O)O. The van der Waals surface area contributed by atoms with Gasteiger partial charge in [-0.25, -0.2) is 0 Å². The van der Waals surface area contributed by atoms with Crippen LogP contribution in [0.5, 0.6) is 0 Å². The molecule has 3 nitrogen and oxygen atoms in total. The number of unbranched alkanes of at least 4 members (excludes halogenated alkanes) is 1. The normalized spacial score (nSPS) is 12.0. The van der Waals surface area contributed by atoms with Gasteiger partial charge in [-0.3, -0.25) is 0 Å². The molecule has 0 unspecified atom stereocenters. The average molecular weight is 246 g/mol. The molecule has 0 aliphatic carbocycles. The van der Waals surface area contributed by atoms with Crippen LogP contribution in [0, 0.1) is 0 Å². The Labute approximate surface area is 82.0 Å². The summed E-state index contributed by atoms with van der Waals surface area (Å²) in [5, 5.41) is 16.9. The van der Waals surface area contributed by atoms with Crippen molar-refractivity contribution in [3.8, 4) is 0 Å². The predicted octanol–water partition coefficient (Wildman–Crippen LogP) is 0.731. The van der Waals surface area contributed by atoms with E-state index < -0.39 is 7.12 Å². The molecule has 0 aromatic rings. The van der Waals surface area contributed by atoms with Crippen LogP contribution in [0.1, 0.15) is 19.3 Å². The molecule has 1 atom stereocenters. The van der Waals surface area contributed by atoms with Crippen LogP contribution in [0.3, 0.4) is 0 Å². The maximum atomic E-state index is 8.43. The largest absolute Gasteiger partial charge is 0.451 e. The summed E-state index contributed by atoms with van der Waals surface area (Å²) in [4.78, 5) is 0.0448. The summed E-state index contributed by atoms with van der Waals surface area (Å²) in [7, 11) is -1.16. The van der Waals surface area contributed by atoms with Crippen molar-refractivity contribution in [1.82, 2.24) is 0 Å². The highest BCUT2D eigenvalue weighted by atomic mass is 79.9. The molecule has 0 aliphatic rings. The van der Waals surface area contributed by atoms with Crippen molar-refractivity contribution < 1.29 is 10.0 Å². The third-order valence-electron chi connectivity index (χ3n) is 1.19. The molecule has 0 radical (unpaired) electrons. The summed E-state index contributed by atoms with van der Waals surface area (Å²) in [5.41, 5.74) is 5.40. The lowest BCUT2D eigenvalue weighted by Gasteiger charge is -2.01. The Morgan fingerprint density at radius 3 is 2.27 bits per heavy atom. The lowest BCUT2D eigenvalue weighted by Crippen LogP contribution is -2.12. The summed E-state index contributed by atoms with van der Waals surface area (Å²) < 4.78 is 0. The summed E-state index contributed by atoms with van der Waals surface area (Å²) in [6, 6.07) is 0. The Morgan fingerprint density at radius 2 is 1.91 bits per heavy atom. The molecule has 0 aromatic heterocycles. The van der Waals surface area contributed by atoms with Gasteiger partial charge in [0.25, 0.3) is 0 Å². The van der Waals surface area contributed by atoms with Crippen LogP contribution in [0.15, 0.2) is 0 Å². The summed E-state index contributed by atoms with van der Waals surface area (Å²) in [6.07, 6.45) is 3.08. The number of hydrogen-bond acceptors (Lipinski definition) is 3. The molecule has 0 heterocycles. The number of nitrogens with two attached hydrogens (primary N) is 1. The molecule has 6 heteroatoms. The number of hydrogen-bond donors (Lipinski definition) is 3. The van der Waals surface area contributed by atoms with Gasteiger partial charge in [0.05, 0.1) is 4.95 Å². The average Bonchev–Trinajstić information content (AvgIpc) is 1.79. The van der Waals surface area contributed by atoms with E-state index in [2.05, 4.69) is 15.9 Å². The van der Waals surface area contributed by atoms with Gasteiger partial charge in [-0.1, -0.05) is 28.8 Å². The molecule has 0 bridgehead atoms. The van der Waals surface area contributed by atoms with E-state index in [1.807, 2.05) is 0 Å². The van der Waals surface area contributed by atoms with Crippen molar-refractivity contribution in [1.29, 1.82) is 0 Å². The zero-order chi connectivity index (χ0) is 7.98. The summed E-state index contributed by atoms with van der Waals surface area (Å²) in [6.45, 7) is 0. The zero-order valence-corrected chi connectivity index (χ0v) is 8.64. The van der Waals surface area contributed by atoms with E-state index in [9.17, 15) is 0 Å². The lowest BCUT2D eigenvalue weighted by molar-refractivity contribution is 0.401. The van der Waals surface area contributed by atoms with Crippen LogP contribution in [-0.4, -0.2) is 22.1 Å². The highest BCUT2D eigenvalue weighted by molar-refractivity contribution is 9.09. The first-order valence-electron chi connectivity index (χ1n) is 3.38. The monoisotopic (exact) mass is 245 g/mol. The molecular formula is C5H14BBrClNO2. The smallest absolute Gasteiger partial charge is 0.427 e. The molecule has 11 heavy (non-hydrogen) atoms. The van der Waals surface area contributed by atoms with Gasteiger partial charge < -0.3 is 15.8 Å². The Balaban J connectivity index is 0. The molecule has 0 rings (SSSR count). The van der Waals surface area contributed by atoms with E-state index in [0.717, 1.165) is 19.3 Å². The molecule has 0 aromatic carbocycles. The maximum Gasteiger partial charge on any atom is 0.451 e. The van der Waals surface area contributed by atoms with Crippen molar-refractivity contribution in [2.24, 2.45) is 5.73 Å². The fourth-order valence-electron chi connectivity index (χ4n) is 0.666. The van der Waals surface area contributed by atoms with E-state index >= 15 is 0 Å².